The summed E-state index contributed by atoms with van der Waals surface area (Å²) in [6.45, 7) is 5.57. The van der Waals surface area contributed by atoms with E-state index in [9.17, 15) is 4.79 Å². The molecule has 0 atom stereocenters. The van der Waals surface area contributed by atoms with Crippen LogP contribution in [0.15, 0.2) is 12.4 Å². The Hall–Kier alpha value is -1.32. The lowest BCUT2D eigenvalue weighted by molar-refractivity contribution is -0.153. The Balaban J connectivity index is 2.50. The van der Waals surface area contributed by atoms with Crippen molar-refractivity contribution in [2.45, 2.75) is 32.8 Å². The quantitative estimate of drug-likeness (QED) is 0.670. The van der Waals surface area contributed by atoms with Gasteiger partial charge in [0, 0.05) is 18.8 Å². The zero-order valence-corrected chi connectivity index (χ0v) is 9.07. The second kappa shape index (κ2) is 3.82. The number of hydrogen-bond donors (Lipinski definition) is 0. The second-order valence-corrected chi connectivity index (χ2v) is 4.29. The van der Waals surface area contributed by atoms with Crippen LogP contribution < -0.4 is 0 Å². The van der Waals surface area contributed by atoms with Crippen molar-refractivity contribution in [1.29, 1.82) is 0 Å². The first-order valence-electron chi connectivity index (χ1n) is 4.56. The van der Waals surface area contributed by atoms with E-state index in [1.807, 2.05) is 34.0 Å². The highest BCUT2D eigenvalue weighted by molar-refractivity contribution is 5.72. The first-order chi connectivity index (χ1) is 6.37. The van der Waals surface area contributed by atoms with Gasteiger partial charge in [-0.25, -0.2) is 0 Å². The third kappa shape index (κ3) is 3.60. The van der Waals surface area contributed by atoms with Crippen molar-refractivity contribution in [3.63, 3.8) is 0 Å². The molecular weight excluding hydrogens is 180 g/mol. The van der Waals surface area contributed by atoms with Crippen molar-refractivity contribution in [3.05, 3.63) is 18.0 Å². The molecule has 0 unspecified atom stereocenters. The standard InChI is InChI=1S/C10H16N2O2/c1-10(2,3)14-9(13)5-8-6-11-12(4)7-8/h6-7H,5H2,1-4H3. The lowest BCUT2D eigenvalue weighted by Gasteiger charge is -2.19. The van der Waals surface area contributed by atoms with E-state index in [0.29, 0.717) is 0 Å². The highest BCUT2D eigenvalue weighted by Crippen LogP contribution is 2.09. The van der Waals surface area contributed by atoms with E-state index in [1.54, 1.807) is 10.9 Å². The average Bonchev–Trinajstić information content (AvgIpc) is 2.30. The monoisotopic (exact) mass is 196 g/mol. The van der Waals surface area contributed by atoms with Gasteiger partial charge in [-0.05, 0) is 20.8 Å². The molecule has 0 aliphatic heterocycles. The average molecular weight is 196 g/mol. The lowest BCUT2D eigenvalue weighted by atomic mass is 10.2. The molecule has 0 N–H and O–H groups in total. The highest BCUT2D eigenvalue weighted by atomic mass is 16.6. The van der Waals surface area contributed by atoms with Gasteiger partial charge in [0.25, 0.3) is 0 Å². The molecule has 4 heteroatoms. The third-order valence-electron chi connectivity index (χ3n) is 1.53. The molecule has 0 aromatic carbocycles. The summed E-state index contributed by atoms with van der Waals surface area (Å²) in [5.41, 5.74) is 0.459. The number of rotatable bonds is 2. The summed E-state index contributed by atoms with van der Waals surface area (Å²) in [6, 6.07) is 0. The van der Waals surface area contributed by atoms with Crippen LogP contribution >= 0.6 is 0 Å². The maximum absolute atomic E-state index is 11.4. The van der Waals surface area contributed by atoms with E-state index in [1.165, 1.54) is 0 Å². The normalized spacial score (nSPS) is 11.4. The first-order valence-corrected chi connectivity index (χ1v) is 4.56. The molecule has 14 heavy (non-hydrogen) atoms. The molecule has 0 saturated carbocycles. The minimum absolute atomic E-state index is 0.217. The molecule has 0 bridgehead atoms. The van der Waals surface area contributed by atoms with Crippen LogP contribution in [0.5, 0.6) is 0 Å². The molecular formula is C10H16N2O2. The van der Waals surface area contributed by atoms with Crippen molar-refractivity contribution in [2.24, 2.45) is 7.05 Å². The maximum Gasteiger partial charge on any atom is 0.310 e. The van der Waals surface area contributed by atoms with Crippen molar-refractivity contribution in [3.8, 4) is 0 Å². The molecule has 1 heterocycles. The van der Waals surface area contributed by atoms with Gasteiger partial charge in [0.1, 0.15) is 5.60 Å². The second-order valence-electron chi connectivity index (χ2n) is 4.29. The van der Waals surface area contributed by atoms with Gasteiger partial charge in [-0.15, -0.1) is 0 Å². The predicted molar refractivity (Wildman–Crippen MR) is 52.8 cm³/mol. The molecule has 0 radical (unpaired) electrons. The molecule has 0 aliphatic carbocycles. The van der Waals surface area contributed by atoms with Crippen LogP contribution in [0.3, 0.4) is 0 Å². The topological polar surface area (TPSA) is 44.1 Å². The number of aromatic nitrogens is 2. The number of hydrogen-bond acceptors (Lipinski definition) is 3. The minimum Gasteiger partial charge on any atom is -0.460 e. The molecule has 0 spiro atoms. The van der Waals surface area contributed by atoms with E-state index < -0.39 is 5.60 Å². The molecule has 1 aromatic heterocycles. The van der Waals surface area contributed by atoms with Crippen LogP contribution in [0.25, 0.3) is 0 Å². The Morgan fingerprint density at radius 3 is 2.64 bits per heavy atom. The van der Waals surface area contributed by atoms with E-state index in [-0.39, 0.29) is 12.4 Å². The van der Waals surface area contributed by atoms with Crippen molar-refractivity contribution >= 4 is 5.97 Å². The van der Waals surface area contributed by atoms with Crippen LogP contribution in [-0.4, -0.2) is 21.4 Å². The maximum atomic E-state index is 11.4. The van der Waals surface area contributed by atoms with Crippen LogP contribution in [0.1, 0.15) is 26.3 Å². The van der Waals surface area contributed by atoms with Crippen LogP contribution in [-0.2, 0) is 23.0 Å². The zero-order chi connectivity index (χ0) is 10.8. The molecule has 4 nitrogen and oxygen atoms in total. The van der Waals surface area contributed by atoms with Crippen LogP contribution in [0, 0.1) is 0 Å². The fourth-order valence-electron chi connectivity index (χ4n) is 1.11. The van der Waals surface area contributed by atoms with Gasteiger partial charge in [-0.3, -0.25) is 9.48 Å². The predicted octanol–water partition coefficient (Wildman–Crippen LogP) is 1.30. The Morgan fingerprint density at radius 2 is 2.21 bits per heavy atom. The first kappa shape index (κ1) is 10.8. The van der Waals surface area contributed by atoms with Crippen molar-refractivity contribution in [2.75, 3.05) is 0 Å². The summed E-state index contributed by atoms with van der Waals surface area (Å²) < 4.78 is 6.84. The molecule has 0 amide bonds. The number of esters is 1. The Bertz CT molecular complexity index is 323. The smallest absolute Gasteiger partial charge is 0.310 e. The largest absolute Gasteiger partial charge is 0.460 e. The van der Waals surface area contributed by atoms with E-state index in [2.05, 4.69) is 5.10 Å². The fourth-order valence-corrected chi connectivity index (χ4v) is 1.11. The minimum atomic E-state index is -0.417. The Labute approximate surface area is 83.9 Å². The summed E-state index contributed by atoms with van der Waals surface area (Å²) in [6.07, 6.45) is 3.76. The summed E-state index contributed by atoms with van der Waals surface area (Å²) in [5, 5.41) is 3.98. The molecule has 0 fully saturated rings. The van der Waals surface area contributed by atoms with E-state index in [4.69, 9.17) is 4.74 Å². The summed E-state index contributed by atoms with van der Waals surface area (Å²) in [7, 11) is 1.82. The summed E-state index contributed by atoms with van der Waals surface area (Å²) >= 11 is 0. The van der Waals surface area contributed by atoms with Gasteiger partial charge in [0.2, 0.25) is 0 Å². The summed E-state index contributed by atoms with van der Waals surface area (Å²) in [5.74, 6) is -0.217. The number of aryl methyl sites for hydroxylation is 1. The van der Waals surface area contributed by atoms with Gasteiger partial charge in [0.05, 0.1) is 12.6 Å². The number of carbonyl (C=O) groups excluding carboxylic acids is 1. The van der Waals surface area contributed by atoms with E-state index >= 15 is 0 Å². The van der Waals surface area contributed by atoms with E-state index in [0.717, 1.165) is 5.56 Å². The number of carbonyl (C=O) groups is 1. The molecule has 1 rings (SSSR count). The van der Waals surface area contributed by atoms with Gasteiger partial charge in [-0.1, -0.05) is 0 Å². The molecule has 0 aliphatic rings. The van der Waals surface area contributed by atoms with Crippen LogP contribution in [0.2, 0.25) is 0 Å². The van der Waals surface area contributed by atoms with Crippen LogP contribution in [0.4, 0.5) is 0 Å². The van der Waals surface area contributed by atoms with Gasteiger partial charge in [-0.2, -0.15) is 5.10 Å². The number of ether oxygens (including phenoxy) is 1. The lowest BCUT2D eigenvalue weighted by Crippen LogP contribution is -2.24. The van der Waals surface area contributed by atoms with Crippen molar-refractivity contribution in [1.82, 2.24) is 9.78 Å². The third-order valence-corrected chi connectivity index (χ3v) is 1.53. The Morgan fingerprint density at radius 1 is 1.57 bits per heavy atom. The zero-order valence-electron chi connectivity index (χ0n) is 9.07. The van der Waals surface area contributed by atoms with Crippen molar-refractivity contribution < 1.29 is 9.53 Å². The molecule has 78 valence electrons. The van der Waals surface area contributed by atoms with Gasteiger partial charge >= 0.3 is 5.97 Å². The molecule has 1 aromatic rings. The van der Waals surface area contributed by atoms with Gasteiger partial charge < -0.3 is 4.74 Å². The SMILES string of the molecule is Cn1cc(CC(=O)OC(C)(C)C)cn1. The number of nitrogens with zero attached hydrogens (tertiary/aromatic N) is 2. The van der Waals surface area contributed by atoms with Gasteiger partial charge in [0.15, 0.2) is 0 Å². The Kier molecular flexibility index (Phi) is 2.93. The highest BCUT2D eigenvalue weighted by Gasteiger charge is 2.16. The summed E-state index contributed by atoms with van der Waals surface area (Å²) in [4.78, 5) is 11.4. The molecule has 0 saturated heterocycles. The fraction of sp³-hybridized carbons (Fsp3) is 0.600.